The lowest BCUT2D eigenvalue weighted by Crippen LogP contribution is -2.27. The van der Waals surface area contributed by atoms with E-state index in [-0.39, 0.29) is 12.1 Å². The van der Waals surface area contributed by atoms with Crippen molar-refractivity contribution < 1.29 is 0 Å². The molecular formula is C38H40N2. The van der Waals surface area contributed by atoms with Gasteiger partial charge in [0.1, 0.15) is 0 Å². The minimum atomic E-state index is 0.243. The van der Waals surface area contributed by atoms with Crippen LogP contribution < -0.4 is 10.6 Å². The second-order valence-electron chi connectivity index (χ2n) is 10.5. The molecular weight excluding hydrogens is 484 g/mol. The van der Waals surface area contributed by atoms with Crippen LogP contribution in [0.5, 0.6) is 0 Å². The molecule has 2 atom stereocenters. The molecule has 0 aliphatic rings. The van der Waals surface area contributed by atoms with Crippen molar-refractivity contribution in [2.24, 2.45) is 0 Å². The van der Waals surface area contributed by atoms with Crippen molar-refractivity contribution in [1.29, 1.82) is 0 Å². The maximum Gasteiger partial charge on any atom is 0.0361 e. The first-order valence-electron chi connectivity index (χ1n) is 14.6. The Morgan fingerprint density at radius 3 is 1.10 bits per heavy atom. The quantitative estimate of drug-likeness (QED) is 0.154. The summed E-state index contributed by atoms with van der Waals surface area (Å²) in [7, 11) is 0. The Hall–Kier alpha value is -3.98. The Morgan fingerprint density at radius 1 is 0.375 bits per heavy atom. The molecule has 40 heavy (non-hydrogen) atoms. The number of hydrogen-bond acceptors (Lipinski definition) is 2. The number of benzene rings is 5. The minimum absolute atomic E-state index is 0.243. The fourth-order valence-corrected chi connectivity index (χ4v) is 5.38. The highest BCUT2D eigenvalue weighted by Crippen LogP contribution is 2.25. The maximum absolute atomic E-state index is 3.89. The van der Waals surface area contributed by atoms with Gasteiger partial charge < -0.3 is 10.6 Å². The molecule has 5 rings (SSSR count). The van der Waals surface area contributed by atoms with E-state index in [1.165, 1.54) is 33.4 Å². The molecule has 2 nitrogen and oxygen atoms in total. The molecule has 5 aromatic rings. The van der Waals surface area contributed by atoms with Crippen LogP contribution in [0.3, 0.4) is 0 Å². The molecule has 0 aliphatic carbocycles. The van der Waals surface area contributed by atoms with Gasteiger partial charge in [-0.25, -0.2) is 0 Å². The summed E-state index contributed by atoms with van der Waals surface area (Å²) in [5.74, 6) is 0. The molecule has 0 heterocycles. The Bertz CT molecular complexity index is 1280. The summed E-state index contributed by atoms with van der Waals surface area (Å²) >= 11 is 0. The fraction of sp³-hybridized carbons (Fsp3) is 0.211. The number of hydrogen-bond donors (Lipinski definition) is 2. The van der Waals surface area contributed by atoms with Crippen molar-refractivity contribution in [3.05, 3.63) is 179 Å². The fourth-order valence-electron chi connectivity index (χ4n) is 5.38. The van der Waals surface area contributed by atoms with Gasteiger partial charge in [-0.1, -0.05) is 146 Å². The van der Waals surface area contributed by atoms with E-state index in [9.17, 15) is 0 Å². The van der Waals surface area contributed by atoms with Crippen LogP contribution in [0.25, 0.3) is 0 Å². The summed E-state index contributed by atoms with van der Waals surface area (Å²) < 4.78 is 0. The molecule has 0 aromatic heterocycles. The highest BCUT2D eigenvalue weighted by Gasteiger charge is 2.17. The van der Waals surface area contributed by atoms with Crippen molar-refractivity contribution in [2.45, 2.75) is 37.8 Å². The third kappa shape index (κ3) is 8.51. The second kappa shape index (κ2) is 15.0. The molecule has 0 radical (unpaired) electrons. The zero-order chi connectivity index (χ0) is 27.2. The van der Waals surface area contributed by atoms with Gasteiger partial charge >= 0.3 is 0 Å². The lowest BCUT2D eigenvalue weighted by Gasteiger charge is -2.24. The van der Waals surface area contributed by atoms with Gasteiger partial charge in [0, 0.05) is 12.1 Å². The summed E-state index contributed by atoms with van der Waals surface area (Å²) in [4.78, 5) is 0. The van der Waals surface area contributed by atoms with E-state index in [4.69, 9.17) is 0 Å². The molecule has 0 spiro atoms. The standard InChI is InChI=1S/C38H40N2/c1-5-14-31(15-6-1)24-26-39-37(28-33-18-9-3-10-19-33)35-22-13-23-36(30-35)38(29-34-20-11-4-12-21-34)40-27-25-32-16-7-2-8-17-32/h1-23,30,37-40H,24-29H2. The second-order valence-corrected chi connectivity index (χ2v) is 10.5. The average molecular weight is 525 g/mol. The van der Waals surface area contributed by atoms with E-state index < -0.39 is 0 Å². The predicted molar refractivity (Wildman–Crippen MR) is 169 cm³/mol. The van der Waals surface area contributed by atoms with Gasteiger partial charge in [-0.05, 0) is 72.2 Å². The Morgan fingerprint density at radius 2 is 0.725 bits per heavy atom. The maximum atomic E-state index is 3.89. The van der Waals surface area contributed by atoms with Crippen LogP contribution in [0.15, 0.2) is 146 Å². The first kappa shape index (κ1) is 27.6. The number of nitrogens with one attached hydrogen (secondary N) is 2. The molecule has 0 saturated heterocycles. The molecule has 2 heteroatoms. The topological polar surface area (TPSA) is 24.1 Å². The zero-order valence-electron chi connectivity index (χ0n) is 23.3. The molecule has 0 fully saturated rings. The van der Waals surface area contributed by atoms with Gasteiger partial charge in [0.2, 0.25) is 0 Å². The molecule has 2 unspecified atom stereocenters. The van der Waals surface area contributed by atoms with Gasteiger partial charge in [0.25, 0.3) is 0 Å². The van der Waals surface area contributed by atoms with Crippen LogP contribution in [0.4, 0.5) is 0 Å². The van der Waals surface area contributed by atoms with Gasteiger partial charge in [0.15, 0.2) is 0 Å². The van der Waals surface area contributed by atoms with E-state index in [2.05, 4.69) is 156 Å². The summed E-state index contributed by atoms with van der Waals surface area (Å²) in [6.07, 6.45) is 3.96. The predicted octanol–water partition coefficient (Wildman–Crippen LogP) is 7.92. The summed E-state index contributed by atoms with van der Waals surface area (Å²) in [5, 5.41) is 7.79. The normalized spacial score (nSPS) is 12.6. The van der Waals surface area contributed by atoms with Crippen molar-refractivity contribution in [2.75, 3.05) is 13.1 Å². The molecule has 202 valence electrons. The van der Waals surface area contributed by atoms with Crippen LogP contribution in [0.2, 0.25) is 0 Å². The summed E-state index contributed by atoms with van der Waals surface area (Å²) in [5.41, 5.74) is 8.13. The van der Waals surface area contributed by atoms with E-state index >= 15 is 0 Å². The van der Waals surface area contributed by atoms with Gasteiger partial charge in [-0.3, -0.25) is 0 Å². The van der Waals surface area contributed by atoms with Crippen LogP contribution in [0.1, 0.15) is 45.5 Å². The Labute approximate surface area is 240 Å². The molecule has 0 amide bonds. The Balaban J connectivity index is 1.35. The summed E-state index contributed by atoms with van der Waals surface area (Å²) in [6, 6.07) is 52.9. The van der Waals surface area contributed by atoms with Crippen molar-refractivity contribution in [3.8, 4) is 0 Å². The lowest BCUT2D eigenvalue weighted by atomic mass is 9.93. The largest absolute Gasteiger partial charge is 0.309 e. The lowest BCUT2D eigenvalue weighted by molar-refractivity contribution is 0.521. The molecule has 0 aliphatic heterocycles. The third-order valence-electron chi connectivity index (χ3n) is 7.58. The molecule has 2 N–H and O–H groups in total. The summed E-state index contributed by atoms with van der Waals surface area (Å²) in [6.45, 7) is 1.88. The van der Waals surface area contributed by atoms with Crippen LogP contribution >= 0.6 is 0 Å². The average Bonchev–Trinajstić information content (AvgIpc) is 3.02. The minimum Gasteiger partial charge on any atom is -0.309 e. The Kier molecular flexibility index (Phi) is 10.3. The van der Waals surface area contributed by atoms with E-state index in [0.717, 1.165) is 38.8 Å². The zero-order valence-corrected chi connectivity index (χ0v) is 23.3. The SMILES string of the molecule is c1ccc(CCNC(Cc2ccccc2)c2cccc(C(Cc3ccccc3)NCCc3ccccc3)c2)cc1. The highest BCUT2D eigenvalue weighted by atomic mass is 14.9. The smallest absolute Gasteiger partial charge is 0.0361 e. The first-order valence-corrected chi connectivity index (χ1v) is 14.6. The van der Waals surface area contributed by atoms with E-state index in [1.807, 2.05) is 0 Å². The number of rotatable bonds is 14. The van der Waals surface area contributed by atoms with Crippen molar-refractivity contribution in [3.63, 3.8) is 0 Å². The van der Waals surface area contributed by atoms with Gasteiger partial charge in [-0.15, -0.1) is 0 Å². The van der Waals surface area contributed by atoms with Crippen LogP contribution in [-0.2, 0) is 25.7 Å². The third-order valence-corrected chi connectivity index (χ3v) is 7.58. The van der Waals surface area contributed by atoms with Crippen LogP contribution in [0, 0.1) is 0 Å². The van der Waals surface area contributed by atoms with Crippen molar-refractivity contribution in [1.82, 2.24) is 10.6 Å². The molecule has 0 bridgehead atoms. The van der Waals surface area contributed by atoms with Gasteiger partial charge in [-0.2, -0.15) is 0 Å². The van der Waals surface area contributed by atoms with Crippen molar-refractivity contribution >= 4 is 0 Å². The van der Waals surface area contributed by atoms with Crippen LogP contribution in [-0.4, -0.2) is 13.1 Å². The van der Waals surface area contributed by atoms with Gasteiger partial charge in [0.05, 0.1) is 0 Å². The first-order chi connectivity index (χ1) is 19.8. The molecule has 0 saturated carbocycles. The molecule has 5 aromatic carbocycles. The monoisotopic (exact) mass is 524 g/mol. The van der Waals surface area contributed by atoms with E-state index in [0.29, 0.717) is 0 Å². The van der Waals surface area contributed by atoms with E-state index in [1.54, 1.807) is 0 Å². The highest BCUT2D eigenvalue weighted by molar-refractivity contribution is 5.32.